The van der Waals surface area contributed by atoms with E-state index in [4.69, 9.17) is 10.1 Å². The summed E-state index contributed by atoms with van der Waals surface area (Å²) in [6.45, 7) is 7.51. The predicted molar refractivity (Wildman–Crippen MR) is 124 cm³/mol. The number of carbonyl (C=O) groups is 1. The maximum atomic E-state index is 11.5. The molecule has 3 rings (SSSR count). The van der Waals surface area contributed by atoms with Gasteiger partial charge in [-0.15, -0.1) is 0 Å². The number of aromatic carboxylic acids is 1. The van der Waals surface area contributed by atoms with Crippen LogP contribution >= 0.6 is 0 Å². The third-order valence-corrected chi connectivity index (χ3v) is 5.39. The highest BCUT2D eigenvalue weighted by Crippen LogP contribution is 2.25. The maximum Gasteiger partial charge on any atom is 0.336 e. The average Bonchev–Trinajstić information content (AvgIpc) is 3.12. The van der Waals surface area contributed by atoms with Gasteiger partial charge in [-0.2, -0.15) is 5.10 Å². The number of hydrogen-bond acceptors (Lipinski definition) is 3. The van der Waals surface area contributed by atoms with Gasteiger partial charge in [0.25, 0.3) is 0 Å². The Bertz CT molecular complexity index is 990. The fourth-order valence-corrected chi connectivity index (χ4v) is 3.78. The Morgan fingerprint density at radius 1 is 1.03 bits per heavy atom. The number of hydrogen-bond donors (Lipinski definition) is 1. The van der Waals surface area contributed by atoms with E-state index in [0.29, 0.717) is 11.5 Å². The van der Waals surface area contributed by atoms with E-state index in [1.165, 1.54) is 19.3 Å². The van der Waals surface area contributed by atoms with Gasteiger partial charge in [-0.25, -0.2) is 14.5 Å². The number of aryl methyl sites for hydroxylation is 1. The lowest BCUT2D eigenvalue weighted by Crippen LogP contribution is -2.07. The minimum atomic E-state index is -0.909. The smallest absolute Gasteiger partial charge is 0.336 e. The molecule has 2 aromatic carbocycles. The zero-order valence-corrected chi connectivity index (χ0v) is 18.8. The second kappa shape index (κ2) is 10.9. The van der Waals surface area contributed by atoms with Crippen LogP contribution in [0.2, 0.25) is 0 Å². The highest BCUT2D eigenvalue weighted by Gasteiger charge is 2.13. The molecule has 164 valence electrons. The van der Waals surface area contributed by atoms with Crippen molar-refractivity contribution in [3.8, 4) is 11.1 Å². The minimum Gasteiger partial charge on any atom is -0.478 e. The number of aromatic nitrogens is 3. The summed E-state index contributed by atoms with van der Waals surface area (Å²) in [7, 11) is 0. The van der Waals surface area contributed by atoms with E-state index in [1.807, 2.05) is 24.3 Å². The van der Waals surface area contributed by atoms with Crippen LogP contribution in [-0.4, -0.2) is 25.8 Å². The van der Waals surface area contributed by atoms with Crippen LogP contribution in [0.15, 0.2) is 48.5 Å². The Labute approximate surface area is 185 Å². The van der Waals surface area contributed by atoms with Gasteiger partial charge in [0, 0.05) is 19.4 Å². The average molecular weight is 420 g/mol. The standard InChI is InChI=1S/C26H33N3O2/c1-4-5-6-9-16-29-25(27-24(28-29)17-19(2)3)18-20-12-14-21(15-13-20)22-10-7-8-11-23(22)26(30)31/h7-8,10-15,19H,4-6,9,16-18H2,1-3H3,(H,30,31). The van der Waals surface area contributed by atoms with Crippen molar-refractivity contribution in [3.05, 3.63) is 71.3 Å². The number of nitrogens with zero attached hydrogens (tertiary/aromatic N) is 3. The van der Waals surface area contributed by atoms with Gasteiger partial charge < -0.3 is 5.11 Å². The summed E-state index contributed by atoms with van der Waals surface area (Å²) in [5.41, 5.74) is 3.11. The van der Waals surface area contributed by atoms with Crippen LogP contribution in [0.1, 0.15) is 74.0 Å². The van der Waals surface area contributed by atoms with Crippen LogP contribution < -0.4 is 0 Å². The molecule has 5 nitrogen and oxygen atoms in total. The first kappa shape index (κ1) is 22.7. The van der Waals surface area contributed by atoms with Crippen molar-refractivity contribution >= 4 is 5.97 Å². The number of rotatable bonds is 11. The van der Waals surface area contributed by atoms with Gasteiger partial charge >= 0.3 is 5.97 Å². The van der Waals surface area contributed by atoms with Crippen molar-refractivity contribution in [1.29, 1.82) is 0 Å². The molecule has 0 aliphatic heterocycles. The summed E-state index contributed by atoms with van der Waals surface area (Å²) in [5.74, 6) is 1.55. The van der Waals surface area contributed by atoms with Crippen LogP contribution in [0, 0.1) is 5.92 Å². The van der Waals surface area contributed by atoms with Crippen LogP contribution in [0.3, 0.4) is 0 Å². The molecule has 0 unspecified atom stereocenters. The molecule has 0 aliphatic rings. The van der Waals surface area contributed by atoms with Crippen molar-refractivity contribution in [2.75, 3.05) is 0 Å². The second-order valence-electron chi connectivity index (χ2n) is 8.55. The van der Waals surface area contributed by atoms with E-state index in [9.17, 15) is 9.90 Å². The van der Waals surface area contributed by atoms with E-state index in [1.54, 1.807) is 12.1 Å². The molecule has 31 heavy (non-hydrogen) atoms. The molecule has 0 radical (unpaired) electrons. The molecule has 1 N–H and O–H groups in total. The van der Waals surface area contributed by atoms with Gasteiger partial charge in [0.15, 0.2) is 5.82 Å². The third-order valence-electron chi connectivity index (χ3n) is 5.39. The molecular formula is C26H33N3O2. The Kier molecular flexibility index (Phi) is 7.99. The summed E-state index contributed by atoms with van der Waals surface area (Å²) >= 11 is 0. The summed E-state index contributed by atoms with van der Waals surface area (Å²) in [4.78, 5) is 16.4. The molecule has 0 bridgehead atoms. The fraction of sp³-hybridized carbons (Fsp3) is 0.423. The lowest BCUT2D eigenvalue weighted by atomic mass is 9.98. The number of carboxylic acid groups (broad SMARTS) is 1. The molecule has 0 saturated heterocycles. The van der Waals surface area contributed by atoms with Crippen LogP contribution in [-0.2, 0) is 19.4 Å². The summed E-state index contributed by atoms with van der Waals surface area (Å²) in [6.07, 6.45) is 6.42. The fourth-order valence-electron chi connectivity index (χ4n) is 3.78. The molecule has 5 heteroatoms. The molecular weight excluding hydrogens is 386 g/mol. The SMILES string of the molecule is CCCCCCn1nc(CC(C)C)nc1Cc1ccc(-c2ccccc2C(=O)O)cc1. The van der Waals surface area contributed by atoms with E-state index < -0.39 is 5.97 Å². The maximum absolute atomic E-state index is 11.5. The predicted octanol–water partition coefficient (Wildman–Crippen LogP) is 6.01. The molecule has 0 atom stereocenters. The highest BCUT2D eigenvalue weighted by molar-refractivity contribution is 5.95. The molecule has 0 spiro atoms. The van der Waals surface area contributed by atoms with E-state index >= 15 is 0 Å². The lowest BCUT2D eigenvalue weighted by Gasteiger charge is -2.08. The Hall–Kier alpha value is -2.95. The van der Waals surface area contributed by atoms with Crippen molar-refractivity contribution in [1.82, 2.24) is 14.8 Å². The van der Waals surface area contributed by atoms with Gasteiger partial charge in [0.05, 0.1) is 5.56 Å². The summed E-state index contributed by atoms with van der Waals surface area (Å²) in [6, 6.07) is 15.2. The molecule has 0 amide bonds. The van der Waals surface area contributed by atoms with Crippen LogP contribution in [0.4, 0.5) is 0 Å². The number of benzene rings is 2. The second-order valence-corrected chi connectivity index (χ2v) is 8.55. The van der Waals surface area contributed by atoms with E-state index in [-0.39, 0.29) is 0 Å². The normalized spacial score (nSPS) is 11.2. The number of unbranched alkanes of at least 4 members (excludes halogenated alkanes) is 3. The zero-order valence-electron chi connectivity index (χ0n) is 18.8. The monoisotopic (exact) mass is 419 g/mol. The van der Waals surface area contributed by atoms with E-state index in [0.717, 1.165) is 54.1 Å². The van der Waals surface area contributed by atoms with Crippen molar-refractivity contribution < 1.29 is 9.90 Å². The topological polar surface area (TPSA) is 68.0 Å². The largest absolute Gasteiger partial charge is 0.478 e. The Morgan fingerprint density at radius 2 is 1.77 bits per heavy atom. The molecule has 0 fully saturated rings. The molecule has 0 saturated carbocycles. The molecule has 0 aliphatic carbocycles. The zero-order chi connectivity index (χ0) is 22.2. The minimum absolute atomic E-state index is 0.320. The van der Waals surface area contributed by atoms with Crippen LogP contribution in [0.25, 0.3) is 11.1 Å². The van der Waals surface area contributed by atoms with Gasteiger partial charge in [0.2, 0.25) is 0 Å². The first-order valence-corrected chi connectivity index (χ1v) is 11.3. The van der Waals surface area contributed by atoms with Crippen molar-refractivity contribution in [2.24, 2.45) is 5.92 Å². The van der Waals surface area contributed by atoms with Gasteiger partial charge in [-0.05, 0) is 35.1 Å². The van der Waals surface area contributed by atoms with Crippen LogP contribution in [0.5, 0.6) is 0 Å². The lowest BCUT2D eigenvalue weighted by molar-refractivity contribution is 0.0697. The summed E-state index contributed by atoms with van der Waals surface area (Å²) < 4.78 is 2.08. The van der Waals surface area contributed by atoms with Crippen molar-refractivity contribution in [3.63, 3.8) is 0 Å². The van der Waals surface area contributed by atoms with Gasteiger partial charge in [0.1, 0.15) is 5.82 Å². The summed E-state index contributed by atoms with van der Waals surface area (Å²) in [5, 5.41) is 14.2. The van der Waals surface area contributed by atoms with Crippen molar-refractivity contribution in [2.45, 2.75) is 65.8 Å². The highest BCUT2D eigenvalue weighted by atomic mass is 16.4. The number of carboxylic acids is 1. The molecule has 1 heterocycles. The first-order chi connectivity index (χ1) is 15.0. The Morgan fingerprint density at radius 3 is 2.45 bits per heavy atom. The molecule has 3 aromatic rings. The molecule has 1 aromatic heterocycles. The quantitative estimate of drug-likeness (QED) is 0.386. The van der Waals surface area contributed by atoms with Gasteiger partial charge in [-0.3, -0.25) is 0 Å². The van der Waals surface area contributed by atoms with Gasteiger partial charge in [-0.1, -0.05) is 82.5 Å². The first-order valence-electron chi connectivity index (χ1n) is 11.3. The van der Waals surface area contributed by atoms with E-state index in [2.05, 4.69) is 37.6 Å². The Balaban J connectivity index is 1.78. The third kappa shape index (κ3) is 6.27.